The first kappa shape index (κ1) is 15.5. The zero-order valence-corrected chi connectivity index (χ0v) is 13.0. The van der Waals surface area contributed by atoms with Crippen molar-refractivity contribution in [3.05, 3.63) is 35.6 Å². The molecular weight excluding hydrogens is 253 g/mol. The van der Waals surface area contributed by atoms with Gasteiger partial charge < -0.3 is 10.0 Å². The molecule has 0 saturated heterocycles. The van der Waals surface area contributed by atoms with Gasteiger partial charge in [0.1, 0.15) is 5.82 Å². The lowest BCUT2D eigenvalue weighted by Gasteiger charge is -2.47. The normalized spacial score (nSPS) is 29.6. The van der Waals surface area contributed by atoms with E-state index in [9.17, 15) is 9.50 Å². The molecule has 0 bridgehead atoms. The summed E-state index contributed by atoms with van der Waals surface area (Å²) in [5.74, 6) is -0.239. The van der Waals surface area contributed by atoms with Crippen LogP contribution in [0.3, 0.4) is 0 Å². The Labute approximate surface area is 121 Å². The van der Waals surface area contributed by atoms with Crippen molar-refractivity contribution in [1.82, 2.24) is 4.90 Å². The first-order valence-corrected chi connectivity index (χ1v) is 7.37. The fourth-order valence-corrected chi connectivity index (χ4v) is 3.49. The van der Waals surface area contributed by atoms with Crippen LogP contribution < -0.4 is 0 Å². The topological polar surface area (TPSA) is 23.5 Å². The van der Waals surface area contributed by atoms with E-state index in [2.05, 4.69) is 18.7 Å². The molecule has 1 aliphatic carbocycles. The minimum absolute atomic E-state index is 0.0538. The van der Waals surface area contributed by atoms with E-state index in [1.807, 2.05) is 20.2 Å². The molecule has 1 N–H and O–H groups in total. The van der Waals surface area contributed by atoms with Crippen molar-refractivity contribution in [3.8, 4) is 0 Å². The third kappa shape index (κ3) is 3.04. The average molecular weight is 279 g/mol. The number of aliphatic hydroxyl groups is 1. The molecule has 0 heterocycles. The number of hydrogen-bond acceptors (Lipinski definition) is 2. The second-order valence-corrected chi connectivity index (χ2v) is 7.23. The van der Waals surface area contributed by atoms with Gasteiger partial charge in [-0.05, 0) is 44.8 Å². The van der Waals surface area contributed by atoms with Crippen molar-refractivity contribution < 1.29 is 9.50 Å². The van der Waals surface area contributed by atoms with Gasteiger partial charge in [-0.3, -0.25) is 0 Å². The zero-order chi connectivity index (χ0) is 15.0. The first-order chi connectivity index (χ1) is 9.24. The van der Waals surface area contributed by atoms with Gasteiger partial charge in [0, 0.05) is 18.0 Å². The number of nitrogens with zero attached hydrogens (tertiary/aromatic N) is 1. The maximum atomic E-state index is 14.1. The van der Waals surface area contributed by atoms with Crippen LogP contribution in [-0.2, 0) is 5.60 Å². The summed E-state index contributed by atoms with van der Waals surface area (Å²) >= 11 is 0. The summed E-state index contributed by atoms with van der Waals surface area (Å²) in [4.78, 5) is 2.08. The van der Waals surface area contributed by atoms with Crippen LogP contribution in [0.2, 0.25) is 0 Å². The molecule has 112 valence electrons. The van der Waals surface area contributed by atoms with Crippen LogP contribution in [0.4, 0.5) is 4.39 Å². The highest BCUT2D eigenvalue weighted by atomic mass is 19.1. The van der Waals surface area contributed by atoms with E-state index in [1.165, 1.54) is 6.07 Å². The Kier molecular flexibility index (Phi) is 4.22. The predicted molar refractivity (Wildman–Crippen MR) is 80.0 cm³/mol. The standard InChI is InChI=1S/C17H26FNO/c1-16(2)9-10-17(20,13(11-16)12-19(3)4)14-7-5-6-8-15(14)18/h5-8,13,20H,9-12H2,1-4H3. The molecule has 2 rings (SSSR count). The molecule has 0 radical (unpaired) electrons. The van der Waals surface area contributed by atoms with Crippen molar-refractivity contribution in [1.29, 1.82) is 0 Å². The predicted octanol–water partition coefficient (Wildman–Crippen LogP) is 3.40. The molecule has 3 heteroatoms. The Morgan fingerprint density at radius 3 is 2.50 bits per heavy atom. The van der Waals surface area contributed by atoms with Gasteiger partial charge in [0.05, 0.1) is 5.60 Å². The quantitative estimate of drug-likeness (QED) is 0.916. The van der Waals surface area contributed by atoms with Gasteiger partial charge in [-0.1, -0.05) is 32.0 Å². The Bertz CT molecular complexity index is 472. The van der Waals surface area contributed by atoms with E-state index in [4.69, 9.17) is 0 Å². The van der Waals surface area contributed by atoms with Crippen LogP contribution >= 0.6 is 0 Å². The highest BCUT2D eigenvalue weighted by Gasteiger charge is 2.46. The fourth-order valence-electron chi connectivity index (χ4n) is 3.49. The van der Waals surface area contributed by atoms with Gasteiger partial charge in [-0.2, -0.15) is 0 Å². The molecular formula is C17H26FNO. The van der Waals surface area contributed by atoms with Gasteiger partial charge in [-0.25, -0.2) is 4.39 Å². The lowest BCUT2D eigenvalue weighted by molar-refractivity contribution is -0.0926. The van der Waals surface area contributed by atoms with Gasteiger partial charge in [-0.15, -0.1) is 0 Å². The van der Waals surface area contributed by atoms with Crippen molar-refractivity contribution in [2.24, 2.45) is 11.3 Å². The highest BCUT2D eigenvalue weighted by molar-refractivity contribution is 5.26. The molecule has 2 nitrogen and oxygen atoms in total. The minimum atomic E-state index is -1.05. The van der Waals surface area contributed by atoms with Crippen molar-refractivity contribution in [3.63, 3.8) is 0 Å². The molecule has 20 heavy (non-hydrogen) atoms. The lowest BCUT2D eigenvalue weighted by Crippen LogP contribution is -2.47. The van der Waals surface area contributed by atoms with E-state index >= 15 is 0 Å². The van der Waals surface area contributed by atoms with Crippen LogP contribution in [0.5, 0.6) is 0 Å². The Morgan fingerprint density at radius 1 is 1.25 bits per heavy atom. The van der Waals surface area contributed by atoms with Gasteiger partial charge >= 0.3 is 0 Å². The van der Waals surface area contributed by atoms with Crippen molar-refractivity contribution in [2.75, 3.05) is 20.6 Å². The van der Waals surface area contributed by atoms with Gasteiger partial charge in [0.15, 0.2) is 0 Å². The van der Waals surface area contributed by atoms with Gasteiger partial charge in [0.25, 0.3) is 0 Å². The number of halogens is 1. The largest absolute Gasteiger partial charge is 0.385 e. The first-order valence-electron chi connectivity index (χ1n) is 7.37. The monoisotopic (exact) mass is 279 g/mol. The maximum absolute atomic E-state index is 14.1. The molecule has 1 fully saturated rings. The molecule has 0 aromatic heterocycles. The van der Waals surface area contributed by atoms with Gasteiger partial charge in [0.2, 0.25) is 0 Å². The summed E-state index contributed by atoms with van der Waals surface area (Å²) in [5, 5.41) is 11.2. The summed E-state index contributed by atoms with van der Waals surface area (Å²) in [7, 11) is 4.01. The van der Waals surface area contributed by atoms with Crippen LogP contribution in [0.1, 0.15) is 38.7 Å². The number of benzene rings is 1. The van der Waals surface area contributed by atoms with Crippen molar-refractivity contribution in [2.45, 2.75) is 38.7 Å². The highest BCUT2D eigenvalue weighted by Crippen LogP contribution is 2.49. The molecule has 1 aliphatic rings. The molecule has 1 aromatic carbocycles. The number of hydrogen-bond donors (Lipinski definition) is 1. The summed E-state index contributed by atoms with van der Waals surface area (Å²) in [6.07, 6.45) is 2.46. The summed E-state index contributed by atoms with van der Waals surface area (Å²) in [6, 6.07) is 6.66. The van der Waals surface area contributed by atoms with Crippen molar-refractivity contribution >= 4 is 0 Å². The Hall–Kier alpha value is -0.930. The summed E-state index contributed by atoms with van der Waals surface area (Å²) in [5.41, 5.74) is -0.383. The summed E-state index contributed by atoms with van der Waals surface area (Å²) < 4.78 is 14.1. The third-order valence-electron chi connectivity index (χ3n) is 4.58. The molecule has 0 amide bonds. The number of rotatable bonds is 3. The maximum Gasteiger partial charge on any atom is 0.129 e. The SMILES string of the molecule is CN(C)CC1CC(C)(C)CCC1(O)c1ccccc1F. The van der Waals surface area contributed by atoms with E-state index in [0.29, 0.717) is 12.0 Å². The second kappa shape index (κ2) is 5.45. The smallest absolute Gasteiger partial charge is 0.129 e. The van der Waals surface area contributed by atoms with E-state index in [-0.39, 0.29) is 17.2 Å². The average Bonchev–Trinajstić information content (AvgIpc) is 2.34. The molecule has 2 unspecified atom stereocenters. The molecule has 0 spiro atoms. The second-order valence-electron chi connectivity index (χ2n) is 7.23. The van der Waals surface area contributed by atoms with Crippen LogP contribution in [0, 0.1) is 17.2 Å². The van der Waals surface area contributed by atoms with Crippen LogP contribution in [-0.4, -0.2) is 30.6 Å². The fraction of sp³-hybridized carbons (Fsp3) is 0.647. The summed E-state index contributed by atoms with van der Waals surface area (Å²) in [6.45, 7) is 5.24. The lowest BCUT2D eigenvalue weighted by atomic mass is 9.62. The Morgan fingerprint density at radius 2 is 1.90 bits per heavy atom. The van der Waals surface area contributed by atoms with Crippen LogP contribution in [0.15, 0.2) is 24.3 Å². The van der Waals surface area contributed by atoms with E-state index in [0.717, 1.165) is 19.4 Å². The van der Waals surface area contributed by atoms with Crippen LogP contribution in [0.25, 0.3) is 0 Å². The zero-order valence-electron chi connectivity index (χ0n) is 13.0. The van der Waals surface area contributed by atoms with E-state index < -0.39 is 5.60 Å². The molecule has 1 aromatic rings. The molecule has 1 saturated carbocycles. The Balaban J connectivity index is 2.38. The minimum Gasteiger partial charge on any atom is -0.385 e. The third-order valence-corrected chi connectivity index (χ3v) is 4.58. The van der Waals surface area contributed by atoms with E-state index in [1.54, 1.807) is 12.1 Å². The molecule has 0 aliphatic heterocycles. The molecule has 2 atom stereocenters.